The Morgan fingerprint density at radius 1 is 0.400 bits per heavy atom. The smallest absolute Gasteiger partial charge is 0.0794 e. The minimum atomic E-state index is 1.05. The highest BCUT2D eigenvalue weighted by atomic mass is 79.9. The van der Waals surface area contributed by atoms with E-state index in [9.17, 15) is 0 Å². The third kappa shape index (κ3) is 3.33. The lowest BCUT2D eigenvalue weighted by Gasteiger charge is -2.15. The molecule has 35 heavy (non-hydrogen) atoms. The van der Waals surface area contributed by atoms with Crippen molar-refractivity contribution >= 4 is 59.3 Å². The molecular weight excluding hydrogens is 490 g/mol. The van der Waals surface area contributed by atoms with E-state index in [2.05, 4.69) is 137 Å². The van der Waals surface area contributed by atoms with Gasteiger partial charge in [0.25, 0.3) is 0 Å². The van der Waals surface area contributed by atoms with Gasteiger partial charge in [-0.3, -0.25) is 0 Å². The Labute approximate surface area is 211 Å². The quantitative estimate of drug-likeness (QED) is 0.167. The number of fused-ring (bicyclic) bond motifs is 6. The lowest BCUT2D eigenvalue weighted by Crippen LogP contribution is -1.92. The largest absolute Gasteiger partial charge is 0.246 e. The molecule has 0 fully saturated rings. The first-order valence-corrected chi connectivity index (χ1v) is 12.5. The topological polar surface area (TPSA) is 12.9 Å². The molecule has 1 aromatic heterocycles. The number of hydrogen-bond donors (Lipinski definition) is 0. The number of benzene rings is 6. The van der Waals surface area contributed by atoms with Gasteiger partial charge < -0.3 is 0 Å². The van der Waals surface area contributed by atoms with Crippen molar-refractivity contribution in [3.63, 3.8) is 0 Å². The summed E-state index contributed by atoms with van der Waals surface area (Å²) in [5.41, 5.74) is 6.97. The predicted molar refractivity (Wildman–Crippen MR) is 153 cm³/mol. The SMILES string of the molecule is Brc1ccc(-c2ccc(-c3c4ccc5ccccc5c4nc4c3ccc3ccccc34)cc2)cc1. The van der Waals surface area contributed by atoms with Gasteiger partial charge in [0.1, 0.15) is 0 Å². The maximum absolute atomic E-state index is 5.29. The third-order valence-corrected chi connectivity index (χ3v) is 7.44. The van der Waals surface area contributed by atoms with Crippen molar-refractivity contribution < 1.29 is 0 Å². The summed E-state index contributed by atoms with van der Waals surface area (Å²) in [6.45, 7) is 0. The highest BCUT2D eigenvalue weighted by Gasteiger charge is 2.15. The summed E-state index contributed by atoms with van der Waals surface area (Å²) in [6.07, 6.45) is 0. The Morgan fingerprint density at radius 3 is 1.40 bits per heavy atom. The molecule has 0 radical (unpaired) electrons. The van der Waals surface area contributed by atoms with Crippen molar-refractivity contribution in [3.05, 3.63) is 126 Å². The third-order valence-electron chi connectivity index (χ3n) is 6.91. The van der Waals surface area contributed by atoms with Crippen LogP contribution in [-0.2, 0) is 0 Å². The first kappa shape index (κ1) is 20.4. The fraction of sp³-hybridized carbons (Fsp3) is 0. The molecule has 164 valence electrons. The van der Waals surface area contributed by atoms with E-state index in [1.807, 2.05) is 0 Å². The van der Waals surface area contributed by atoms with E-state index >= 15 is 0 Å². The fourth-order valence-corrected chi connectivity index (χ4v) is 5.46. The summed E-state index contributed by atoms with van der Waals surface area (Å²) < 4.78 is 1.09. The standard InChI is InChI=1S/C33H20BrN/c34-26-17-13-22(14-18-26)21-9-11-25(12-10-21)31-29-19-15-23-5-1-3-7-27(23)32(29)35-33-28-8-4-2-6-24(28)16-20-30(31)33/h1-20H. The average molecular weight is 510 g/mol. The highest BCUT2D eigenvalue weighted by molar-refractivity contribution is 9.10. The summed E-state index contributed by atoms with van der Waals surface area (Å²) in [5.74, 6) is 0. The molecule has 7 aromatic rings. The summed E-state index contributed by atoms with van der Waals surface area (Å²) in [6, 6.07) is 43.4. The molecule has 1 nitrogen and oxygen atoms in total. The van der Waals surface area contributed by atoms with Crippen molar-refractivity contribution in [2.24, 2.45) is 0 Å². The lowest BCUT2D eigenvalue weighted by atomic mass is 9.91. The molecule has 0 amide bonds. The molecule has 0 aliphatic rings. The van der Waals surface area contributed by atoms with Crippen molar-refractivity contribution in [3.8, 4) is 22.3 Å². The van der Waals surface area contributed by atoms with Crippen LogP contribution in [0.1, 0.15) is 0 Å². The zero-order valence-corrected chi connectivity index (χ0v) is 20.5. The van der Waals surface area contributed by atoms with Crippen LogP contribution >= 0.6 is 15.9 Å². The van der Waals surface area contributed by atoms with Crippen molar-refractivity contribution in [1.82, 2.24) is 4.98 Å². The molecule has 0 atom stereocenters. The lowest BCUT2D eigenvalue weighted by molar-refractivity contribution is 1.53. The van der Waals surface area contributed by atoms with Crippen LogP contribution in [0.4, 0.5) is 0 Å². The molecule has 7 rings (SSSR count). The summed E-state index contributed by atoms with van der Waals surface area (Å²) >= 11 is 3.53. The predicted octanol–water partition coefficient (Wildman–Crippen LogP) is 9.79. The number of halogens is 1. The minimum Gasteiger partial charge on any atom is -0.246 e. The maximum Gasteiger partial charge on any atom is 0.0794 e. The summed E-state index contributed by atoms with van der Waals surface area (Å²) in [7, 11) is 0. The molecule has 0 unspecified atom stereocenters. The molecule has 0 N–H and O–H groups in total. The van der Waals surface area contributed by atoms with E-state index in [0.29, 0.717) is 0 Å². The highest BCUT2D eigenvalue weighted by Crippen LogP contribution is 2.40. The fourth-order valence-electron chi connectivity index (χ4n) is 5.19. The number of pyridine rings is 1. The summed E-state index contributed by atoms with van der Waals surface area (Å²) in [4.78, 5) is 5.29. The van der Waals surface area contributed by atoms with Crippen LogP contribution in [0.3, 0.4) is 0 Å². The van der Waals surface area contributed by atoms with Crippen LogP contribution in [0.15, 0.2) is 126 Å². The normalized spacial score (nSPS) is 11.6. The molecule has 6 aromatic carbocycles. The van der Waals surface area contributed by atoms with Gasteiger partial charge in [-0.2, -0.15) is 0 Å². The first-order valence-electron chi connectivity index (χ1n) is 11.8. The van der Waals surface area contributed by atoms with E-state index in [-0.39, 0.29) is 0 Å². The van der Waals surface area contributed by atoms with E-state index < -0.39 is 0 Å². The van der Waals surface area contributed by atoms with Crippen LogP contribution in [-0.4, -0.2) is 4.98 Å². The van der Waals surface area contributed by atoms with Gasteiger partial charge >= 0.3 is 0 Å². The number of hydrogen-bond acceptors (Lipinski definition) is 1. The first-order chi connectivity index (χ1) is 17.3. The zero-order chi connectivity index (χ0) is 23.4. The molecule has 0 aliphatic carbocycles. The molecule has 0 saturated carbocycles. The van der Waals surface area contributed by atoms with Crippen molar-refractivity contribution in [2.75, 3.05) is 0 Å². The Bertz CT molecular complexity index is 1790. The van der Waals surface area contributed by atoms with Gasteiger partial charge in [0.15, 0.2) is 0 Å². The average Bonchev–Trinajstić information content (AvgIpc) is 2.92. The molecular formula is C33H20BrN. The van der Waals surface area contributed by atoms with Crippen LogP contribution in [0.25, 0.3) is 65.6 Å². The molecule has 0 bridgehead atoms. The van der Waals surface area contributed by atoms with Crippen LogP contribution in [0, 0.1) is 0 Å². The van der Waals surface area contributed by atoms with Gasteiger partial charge in [0.05, 0.1) is 11.0 Å². The second-order valence-electron chi connectivity index (χ2n) is 8.94. The van der Waals surface area contributed by atoms with Crippen LogP contribution < -0.4 is 0 Å². The van der Waals surface area contributed by atoms with Gasteiger partial charge in [0, 0.05) is 31.6 Å². The van der Waals surface area contributed by atoms with E-state index in [1.165, 1.54) is 54.6 Å². The Hall–Kier alpha value is -4.01. The molecule has 0 aliphatic heterocycles. The Balaban J connectivity index is 1.56. The van der Waals surface area contributed by atoms with Gasteiger partial charge in [-0.25, -0.2) is 4.98 Å². The zero-order valence-electron chi connectivity index (χ0n) is 18.9. The van der Waals surface area contributed by atoms with Gasteiger partial charge in [-0.15, -0.1) is 0 Å². The van der Waals surface area contributed by atoms with Crippen molar-refractivity contribution in [2.45, 2.75) is 0 Å². The molecule has 0 saturated heterocycles. The molecule has 2 heteroatoms. The second-order valence-corrected chi connectivity index (χ2v) is 9.85. The number of rotatable bonds is 2. The molecule has 0 spiro atoms. The monoisotopic (exact) mass is 509 g/mol. The van der Waals surface area contributed by atoms with E-state index in [4.69, 9.17) is 4.98 Å². The molecule has 1 heterocycles. The minimum absolute atomic E-state index is 1.05. The van der Waals surface area contributed by atoms with Gasteiger partial charge in [-0.05, 0) is 39.6 Å². The van der Waals surface area contributed by atoms with Crippen molar-refractivity contribution in [1.29, 1.82) is 0 Å². The van der Waals surface area contributed by atoms with Crippen LogP contribution in [0.5, 0.6) is 0 Å². The van der Waals surface area contributed by atoms with Gasteiger partial charge in [0.2, 0.25) is 0 Å². The summed E-state index contributed by atoms with van der Waals surface area (Å²) in [5, 5.41) is 7.16. The number of aromatic nitrogens is 1. The Morgan fingerprint density at radius 2 is 0.857 bits per heavy atom. The Kier molecular flexibility index (Phi) is 4.68. The van der Waals surface area contributed by atoms with E-state index in [0.717, 1.165) is 15.5 Å². The van der Waals surface area contributed by atoms with Crippen LogP contribution in [0.2, 0.25) is 0 Å². The maximum atomic E-state index is 5.29. The second kappa shape index (κ2) is 8.04. The van der Waals surface area contributed by atoms with Gasteiger partial charge in [-0.1, -0.05) is 125 Å². The number of nitrogens with zero attached hydrogens (tertiary/aromatic N) is 1. The van der Waals surface area contributed by atoms with E-state index in [1.54, 1.807) is 0 Å².